The van der Waals surface area contributed by atoms with Crippen molar-refractivity contribution in [1.29, 1.82) is 0 Å². The Bertz CT molecular complexity index is 1120. The minimum absolute atomic E-state index is 0.0979. The zero-order chi connectivity index (χ0) is 21.3. The molecule has 0 radical (unpaired) electrons. The molecule has 29 heavy (non-hydrogen) atoms. The molecule has 1 aromatic heterocycles. The summed E-state index contributed by atoms with van der Waals surface area (Å²) in [6, 6.07) is 9.08. The highest BCUT2D eigenvalue weighted by atomic mass is 32.1. The monoisotopic (exact) mass is 407 g/mol. The second-order valence-corrected chi connectivity index (χ2v) is 8.10. The van der Waals surface area contributed by atoms with Crippen molar-refractivity contribution in [3.63, 3.8) is 0 Å². The van der Waals surface area contributed by atoms with Crippen LogP contribution in [0.3, 0.4) is 0 Å². The predicted molar refractivity (Wildman–Crippen MR) is 120 cm³/mol. The number of aryl methyl sites for hydroxylation is 2. The largest absolute Gasteiger partial charge is 0.355 e. The maximum Gasteiger partial charge on any atom is 0.254 e. The number of likely N-dealkylation sites (N-methyl/N-ethyl adjacent to an activating group) is 1. The summed E-state index contributed by atoms with van der Waals surface area (Å²) in [5.41, 5.74) is 7.43. The summed E-state index contributed by atoms with van der Waals surface area (Å²) >= 11 is 1.51. The normalized spacial score (nSPS) is 11.9. The molecule has 0 saturated carbocycles. The fourth-order valence-corrected chi connectivity index (χ4v) is 3.95. The van der Waals surface area contributed by atoms with Gasteiger partial charge in [0.15, 0.2) is 0 Å². The Hall–Kier alpha value is -2.99. The van der Waals surface area contributed by atoms with Crippen LogP contribution in [0.2, 0.25) is 0 Å². The highest BCUT2D eigenvalue weighted by Gasteiger charge is 2.24. The molecule has 0 bridgehead atoms. The van der Waals surface area contributed by atoms with Crippen LogP contribution in [0, 0.1) is 13.8 Å². The topological polar surface area (TPSA) is 62.3 Å². The molecule has 6 heteroatoms. The van der Waals surface area contributed by atoms with Gasteiger partial charge in [-0.1, -0.05) is 12.6 Å². The number of nitrogens with zero attached hydrogens (tertiary/aromatic N) is 2. The van der Waals surface area contributed by atoms with E-state index >= 15 is 0 Å². The first-order chi connectivity index (χ1) is 13.7. The number of nitrogens with one attached hydrogen (secondary N) is 1. The lowest BCUT2D eigenvalue weighted by molar-refractivity contribution is 0.0774. The zero-order valence-electron chi connectivity index (χ0n) is 17.4. The highest BCUT2D eigenvalue weighted by Crippen LogP contribution is 2.28. The Balaban J connectivity index is 1.92. The van der Waals surface area contributed by atoms with Gasteiger partial charge >= 0.3 is 0 Å². The lowest BCUT2D eigenvalue weighted by Crippen LogP contribution is -2.36. The number of carbonyl (C=O) groups is 2. The van der Waals surface area contributed by atoms with Crippen LogP contribution in [0.1, 0.15) is 44.3 Å². The van der Waals surface area contributed by atoms with Crippen LogP contribution in [-0.4, -0.2) is 41.8 Å². The van der Waals surface area contributed by atoms with E-state index in [1.165, 1.54) is 11.3 Å². The number of amides is 2. The van der Waals surface area contributed by atoms with Crippen LogP contribution < -0.4 is 5.32 Å². The van der Waals surface area contributed by atoms with Crippen molar-refractivity contribution in [2.45, 2.75) is 26.8 Å². The van der Waals surface area contributed by atoms with E-state index in [-0.39, 0.29) is 17.9 Å². The molecule has 0 fully saturated rings. The lowest BCUT2D eigenvalue weighted by atomic mass is 9.91. The first-order valence-corrected chi connectivity index (χ1v) is 10.3. The third-order valence-corrected chi connectivity index (χ3v) is 6.23. The van der Waals surface area contributed by atoms with Crippen molar-refractivity contribution in [1.82, 2.24) is 15.2 Å². The second-order valence-electron chi connectivity index (χ2n) is 7.21. The molecular formula is C23H25N3O2S. The maximum absolute atomic E-state index is 13.1. The molecule has 0 aliphatic rings. The van der Waals surface area contributed by atoms with Gasteiger partial charge in [0.05, 0.1) is 21.8 Å². The first kappa shape index (κ1) is 20.7. The third-order valence-electron chi connectivity index (χ3n) is 5.44. The van der Waals surface area contributed by atoms with Gasteiger partial charge in [-0.2, -0.15) is 0 Å². The van der Waals surface area contributed by atoms with E-state index in [9.17, 15) is 9.59 Å². The van der Waals surface area contributed by atoms with Gasteiger partial charge in [0, 0.05) is 25.2 Å². The number of fused-ring (bicyclic) bond motifs is 1. The Kier molecular flexibility index (Phi) is 5.84. The number of hydrogen-bond acceptors (Lipinski definition) is 4. The summed E-state index contributed by atoms with van der Waals surface area (Å²) in [6.07, 6.45) is 0. The van der Waals surface area contributed by atoms with Crippen molar-refractivity contribution in [2.24, 2.45) is 0 Å². The van der Waals surface area contributed by atoms with Crippen molar-refractivity contribution >= 4 is 38.9 Å². The van der Waals surface area contributed by atoms with E-state index in [1.54, 1.807) is 30.6 Å². The number of rotatable bonds is 5. The van der Waals surface area contributed by atoms with Crippen LogP contribution in [0.4, 0.5) is 0 Å². The average Bonchev–Trinajstić information content (AvgIpc) is 3.20. The summed E-state index contributed by atoms with van der Waals surface area (Å²) in [4.78, 5) is 31.4. The molecule has 3 aromatic rings. The van der Waals surface area contributed by atoms with Gasteiger partial charge in [0.2, 0.25) is 0 Å². The number of aromatic nitrogens is 1. The van der Waals surface area contributed by atoms with Gasteiger partial charge in [-0.3, -0.25) is 9.59 Å². The van der Waals surface area contributed by atoms with E-state index in [2.05, 4.69) is 16.9 Å². The smallest absolute Gasteiger partial charge is 0.254 e. The molecule has 0 spiro atoms. The molecular weight excluding hydrogens is 382 g/mol. The molecule has 5 nitrogen and oxygen atoms in total. The van der Waals surface area contributed by atoms with Gasteiger partial charge in [0.25, 0.3) is 11.8 Å². The number of benzene rings is 2. The Morgan fingerprint density at radius 1 is 1.14 bits per heavy atom. The molecule has 3 rings (SSSR count). The predicted octanol–water partition coefficient (Wildman–Crippen LogP) is 4.45. The van der Waals surface area contributed by atoms with E-state index < -0.39 is 0 Å². The zero-order valence-corrected chi connectivity index (χ0v) is 18.2. The van der Waals surface area contributed by atoms with Crippen LogP contribution in [0.25, 0.3) is 15.8 Å². The number of thiazole rings is 1. The van der Waals surface area contributed by atoms with Gasteiger partial charge in [0.1, 0.15) is 0 Å². The summed E-state index contributed by atoms with van der Waals surface area (Å²) in [6.45, 7) is 10.1. The van der Waals surface area contributed by atoms with E-state index in [4.69, 9.17) is 0 Å². The van der Waals surface area contributed by atoms with Crippen molar-refractivity contribution < 1.29 is 9.59 Å². The molecule has 0 saturated heterocycles. The molecule has 1 unspecified atom stereocenters. The Morgan fingerprint density at radius 2 is 1.79 bits per heavy atom. The van der Waals surface area contributed by atoms with Crippen molar-refractivity contribution in [2.75, 3.05) is 14.1 Å². The van der Waals surface area contributed by atoms with Crippen molar-refractivity contribution in [3.05, 3.63) is 70.2 Å². The summed E-state index contributed by atoms with van der Waals surface area (Å²) in [5.74, 6) is -0.264. The van der Waals surface area contributed by atoms with Crippen LogP contribution in [-0.2, 0) is 0 Å². The molecule has 150 valence electrons. The quantitative estimate of drug-likeness (QED) is 0.680. The first-order valence-electron chi connectivity index (χ1n) is 9.37. The van der Waals surface area contributed by atoms with Crippen molar-refractivity contribution in [3.8, 4) is 0 Å². The minimum Gasteiger partial charge on any atom is -0.355 e. The van der Waals surface area contributed by atoms with Gasteiger partial charge in [-0.25, -0.2) is 4.98 Å². The number of hydrogen-bond donors (Lipinski definition) is 1. The molecule has 2 amide bonds. The fraction of sp³-hybridized carbons (Fsp3) is 0.261. The average molecular weight is 408 g/mol. The summed E-state index contributed by atoms with van der Waals surface area (Å²) in [7, 11) is 3.37. The fourth-order valence-electron chi connectivity index (χ4n) is 3.23. The molecule has 2 aromatic carbocycles. The lowest BCUT2D eigenvalue weighted by Gasteiger charge is -2.28. The molecule has 0 aliphatic carbocycles. The SMILES string of the molecule is C=C(c1cc(C)c(C)cc1C(=O)NC)C(C)N(C)C(=O)c1ccc2ncsc2c1. The molecule has 0 aliphatic heterocycles. The molecule has 1 heterocycles. The number of carbonyl (C=O) groups excluding carboxylic acids is 2. The van der Waals surface area contributed by atoms with Gasteiger partial charge in [-0.05, 0) is 67.3 Å². The Morgan fingerprint density at radius 3 is 2.45 bits per heavy atom. The second kappa shape index (κ2) is 8.17. The van der Waals surface area contributed by atoms with Crippen LogP contribution in [0.5, 0.6) is 0 Å². The van der Waals surface area contributed by atoms with E-state index in [0.29, 0.717) is 11.1 Å². The Labute approximate surface area is 175 Å². The minimum atomic E-state index is -0.287. The molecule has 1 N–H and O–H groups in total. The maximum atomic E-state index is 13.1. The standard InChI is InChI=1S/C23H25N3O2S/c1-13-9-18(19(10-14(13)2)22(27)24-5)15(3)16(4)26(6)23(28)17-7-8-20-21(11-17)29-12-25-20/h7-12,16H,3H2,1-2,4-6H3,(H,24,27). The van der Waals surface area contributed by atoms with E-state index in [0.717, 1.165) is 32.5 Å². The van der Waals surface area contributed by atoms with Crippen LogP contribution >= 0.6 is 11.3 Å². The van der Waals surface area contributed by atoms with Gasteiger partial charge in [-0.15, -0.1) is 11.3 Å². The summed E-state index contributed by atoms with van der Waals surface area (Å²) < 4.78 is 0.979. The molecule has 1 atom stereocenters. The third kappa shape index (κ3) is 3.93. The summed E-state index contributed by atoms with van der Waals surface area (Å²) in [5, 5.41) is 2.69. The van der Waals surface area contributed by atoms with Gasteiger partial charge < -0.3 is 10.2 Å². The highest BCUT2D eigenvalue weighted by molar-refractivity contribution is 7.16. The van der Waals surface area contributed by atoms with E-state index in [1.807, 2.05) is 45.0 Å². The van der Waals surface area contributed by atoms with Crippen LogP contribution in [0.15, 0.2) is 42.4 Å².